The van der Waals surface area contributed by atoms with E-state index in [2.05, 4.69) is 10.6 Å². The number of dihydropyridines is 1. The van der Waals surface area contributed by atoms with Crippen LogP contribution >= 0.6 is 0 Å². The molecule has 0 radical (unpaired) electrons. The molecule has 2 aromatic rings. The standard InChI is InChI=1S/C26H27N3O7/c1-5-36-25(31)18-11-9-17(10-12-18)14-27-24(30)21-15(2)28-16(3)22(26(32)35-4)23(21)19-7-6-8-20(13-19)29(33)34/h6-13,23,28H,5,14H2,1-4H3,(H,27,30)/t23-/m1/s1. The first-order chi connectivity index (χ1) is 17.2. The summed E-state index contributed by atoms with van der Waals surface area (Å²) in [6, 6.07) is 12.5. The number of esters is 2. The van der Waals surface area contributed by atoms with Gasteiger partial charge in [0.25, 0.3) is 5.69 Å². The second kappa shape index (κ2) is 11.3. The van der Waals surface area contributed by atoms with Crippen molar-refractivity contribution in [3.05, 3.63) is 97.9 Å². The van der Waals surface area contributed by atoms with Gasteiger partial charge in [0, 0.05) is 35.6 Å². The molecule has 0 saturated carbocycles. The summed E-state index contributed by atoms with van der Waals surface area (Å²) in [6.45, 7) is 5.52. The molecule has 1 heterocycles. The van der Waals surface area contributed by atoms with Crippen molar-refractivity contribution in [1.29, 1.82) is 0 Å². The van der Waals surface area contributed by atoms with Gasteiger partial charge in [-0.25, -0.2) is 9.59 Å². The highest BCUT2D eigenvalue weighted by atomic mass is 16.6. The van der Waals surface area contributed by atoms with Gasteiger partial charge in [0.2, 0.25) is 5.91 Å². The molecule has 10 heteroatoms. The van der Waals surface area contributed by atoms with Crippen LogP contribution in [-0.2, 0) is 25.6 Å². The van der Waals surface area contributed by atoms with E-state index in [1.54, 1.807) is 51.1 Å². The first kappa shape index (κ1) is 26.1. The average molecular weight is 494 g/mol. The van der Waals surface area contributed by atoms with Gasteiger partial charge in [-0.05, 0) is 44.0 Å². The van der Waals surface area contributed by atoms with Crippen LogP contribution in [0.5, 0.6) is 0 Å². The molecule has 2 N–H and O–H groups in total. The molecule has 1 aliphatic rings. The molecule has 0 bridgehead atoms. The molecule has 188 valence electrons. The maximum atomic E-state index is 13.4. The van der Waals surface area contributed by atoms with Crippen molar-refractivity contribution in [2.75, 3.05) is 13.7 Å². The Labute approximate surface area is 208 Å². The van der Waals surface area contributed by atoms with E-state index < -0.39 is 28.7 Å². The third kappa shape index (κ3) is 5.60. The summed E-state index contributed by atoms with van der Waals surface area (Å²) in [5.74, 6) is -2.42. The highest BCUT2D eigenvalue weighted by Gasteiger charge is 2.37. The first-order valence-corrected chi connectivity index (χ1v) is 11.2. The number of non-ortho nitro benzene ring substituents is 1. The number of carbonyl (C=O) groups excluding carboxylic acids is 3. The van der Waals surface area contributed by atoms with Gasteiger partial charge in [0.15, 0.2) is 0 Å². The summed E-state index contributed by atoms with van der Waals surface area (Å²) in [7, 11) is 1.23. The number of nitrogens with zero attached hydrogens (tertiary/aromatic N) is 1. The molecule has 0 aliphatic carbocycles. The second-order valence-electron chi connectivity index (χ2n) is 8.08. The number of carbonyl (C=O) groups is 3. The second-order valence-corrected chi connectivity index (χ2v) is 8.08. The van der Waals surface area contributed by atoms with Crippen molar-refractivity contribution >= 4 is 23.5 Å². The van der Waals surface area contributed by atoms with Crippen molar-refractivity contribution in [2.45, 2.75) is 33.2 Å². The normalized spacial score (nSPS) is 15.2. The average Bonchev–Trinajstić information content (AvgIpc) is 2.87. The number of hydrogen-bond acceptors (Lipinski definition) is 8. The van der Waals surface area contributed by atoms with Crippen LogP contribution in [0.4, 0.5) is 5.69 Å². The van der Waals surface area contributed by atoms with Crippen LogP contribution in [0, 0.1) is 10.1 Å². The Balaban J connectivity index is 1.92. The number of amides is 1. The third-order valence-electron chi connectivity index (χ3n) is 5.74. The van der Waals surface area contributed by atoms with E-state index in [0.29, 0.717) is 22.5 Å². The van der Waals surface area contributed by atoms with Crippen LogP contribution in [-0.4, -0.2) is 36.5 Å². The lowest BCUT2D eigenvalue weighted by molar-refractivity contribution is -0.384. The summed E-state index contributed by atoms with van der Waals surface area (Å²) in [5.41, 5.74) is 2.81. The van der Waals surface area contributed by atoms with Crippen LogP contribution in [0.15, 0.2) is 71.1 Å². The Morgan fingerprint density at radius 2 is 1.69 bits per heavy atom. The zero-order valence-electron chi connectivity index (χ0n) is 20.4. The summed E-state index contributed by atoms with van der Waals surface area (Å²) >= 11 is 0. The van der Waals surface area contributed by atoms with E-state index in [4.69, 9.17) is 9.47 Å². The number of methoxy groups -OCH3 is 1. The van der Waals surface area contributed by atoms with Gasteiger partial charge in [-0.15, -0.1) is 0 Å². The quantitative estimate of drug-likeness (QED) is 0.324. The largest absolute Gasteiger partial charge is 0.466 e. The van der Waals surface area contributed by atoms with Crippen LogP contribution < -0.4 is 10.6 Å². The number of hydrogen-bond donors (Lipinski definition) is 2. The molecule has 1 amide bonds. The molecule has 36 heavy (non-hydrogen) atoms. The molecule has 0 saturated heterocycles. The predicted octanol–water partition coefficient (Wildman–Crippen LogP) is 3.50. The fourth-order valence-electron chi connectivity index (χ4n) is 4.08. The summed E-state index contributed by atoms with van der Waals surface area (Å²) in [4.78, 5) is 48.8. The maximum absolute atomic E-state index is 13.4. The van der Waals surface area contributed by atoms with Crippen molar-refractivity contribution in [2.24, 2.45) is 0 Å². The van der Waals surface area contributed by atoms with Crippen molar-refractivity contribution < 1.29 is 28.8 Å². The number of nitro benzene ring substituents is 1. The predicted molar refractivity (Wildman–Crippen MR) is 131 cm³/mol. The number of nitro groups is 1. The van der Waals surface area contributed by atoms with E-state index in [1.807, 2.05) is 0 Å². The van der Waals surface area contributed by atoms with E-state index in [-0.39, 0.29) is 30.0 Å². The Kier molecular flexibility index (Phi) is 8.21. The first-order valence-electron chi connectivity index (χ1n) is 11.2. The monoisotopic (exact) mass is 493 g/mol. The molecule has 2 aromatic carbocycles. The molecular weight excluding hydrogens is 466 g/mol. The van der Waals surface area contributed by atoms with Gasteiger partial charge in [-0.2, -0.15) is 0 Å². The lowest BCUT2D eigenvalue weighted by atomic mass is 9.80. The number of benzene rings is 2. The lowest BCUT2D eigenvalue weighted by Crippen LogP contribution is -2.36. The Bertz CT molecular complexity index is 1260. The number of rotatable bonds is 8. The van der Waals surface area contributed by atoms with Gasteiger partial charge in [0.05, 0.1) is 35.7 Å². The number of nitrogens with one attached hydrogen (secondary N) is 2. The Morgan fingerprint density at radius 3 is 2.31 bits per heavy atom. The van der Waals surface area contributed by atoms with Gasteiger partial charge in [-0.3, -0.25) is 14.9 Å². The smallest absolute Gasteiger partial charge is 0.338 e. The topological polar surface area (TPSA) is 137 Å². The van der Waals surface area contributed by atoms with E-state index in [9.17, 15) is 24.5 Å². The molecule has 0 unspecified atom stereocenters. The minimum Gasteiger partial charge on any atom is -0.466 e. The summed E-state index contributed by atoms with van der Waals surface area (Å²) < 4.78 is 9.94. The number of allylic oxidation sites excluding steroid dienone is 2. The molecule has 0 spiro atoms. The lowest BCUT2D eigenvalue weighted by Gasteiger charge is -2.30. The highest BCUT2D eigenvalue weighted by molar-refractivity contribution is 6.02. The van der Waals surface area contributed by atoms with E-state index in [0.717, 1.165) is 5.56 Å². The molecule has 1 aliphatic heterocycles. The zero-order chi connectivity index (χ0) is 26.4. The minimum atomic E-state index is -0.884. The number of ether oxygens (including phenoxy) is 2. The van der Waals surface area contributed by atoms with Crippen LogP contribution in [0.3, 0.4) is 0 Å². The van der Waals surface area contributed by atoms with Crippen molar-refractivity contribution in [3.8, 4) is 0 Å². The SMILES string of the molecule is CCOC(=O)c1ccc(CNC(=O)C2=C(C)NC(C)=C(C(=O)OC)[C@@H]2c2cccc([N+](=O)[O-])c2)cc1. The zero-order valence-corrected chi connectivity index (χ0v) is 20.4. The van der Waals surface area contributed by atoms with Crippen LogP contribution in [0.2, 0.25) is 0 Å². The Morgan fingerprint density at radius 1 is 1.03 bits per heavy atom. The molecule has 0 fully saturated rings. The fraction of sp³-hybridized carbons (Fsp3) is 0.269. The molecule has 10 nitrogen and oxygen atoms in total. The van der Waals surface area contributed by atoms with Crippen LogP contribution in [0.25, 0.3) is 0 Å². The highest BCUT2D eigenvalue weighted by Crippen LogP contribution is 2.39. The van der Waals surface area contributed by atoms with E-state index in [1.165, 1.54) is 25.3 Å². The third-order valence-corrected chi connectivity index (χ3v) is 5.74. The Hall–Kier alpha value is -4.47. The molecule has 3 rings (SSSR count). The van der Waals surface area contributed by atoms with Gasteiger partial charge < -0.3 is 20.1 Å². The minimum absolute atomic E-state index is 0.149. The van der Waals surface area contributed by atoms with Gasteiger partial charge in [-0.1, -0.05) is 24.3 Å². The van der Waals surface area contributed by atoms with E-state index >= 15 is 0 Å². The summed E-state index contributed by atoms with van der Waals surface area (Å²) in [6.07, 6.45) is 0. The van der Waals surface area contributed by atoms with Crippen molar-refractivity contribution in [1.82, 2.24) is 10.6 Å². The summed E-state index contributed by atoms with van der Waals surface area (Å²) in [5, 5.41) is 17.3. The fourth-order valence-corrected chi connectivity index (χ4v) is 4.08. The van der Waals surface area contributed by atoms with Gasteiger partial charge >= 0.3 is 11.9 Å². The van der Waals surface area contributed by atoms with Crippen LogP contribution in [0.1, 0.15) is 48.2 Å². The molecular formula is C26H27N3O7. The maximum Gasteiger partial charge on any atom is 0.338 e. The van der Waals surface area contributed by atoms with Crippen molar-refractivity contribution in [3.63, 3.8) is 0 Å². The van der Waals surface area contributed by atoms with Gasteiger partial charge in [0.1, 0.15) is 0 Å². The molecule has 0 aromatic heterocycles. The molecule has 1 atom stereocenters.